The molecule has 0 amide bonds. The summed E-state index contributed by atoms with van der Waals surface area (Å²) in [5.74, 6) is 4.35. The molecule has 0 nitrogen and oxygen atoms in total. The topological polar surface area (TPSA) is 0 Å². The predicted molar refractivity (Wildman–Crippen MR) is 61.1 cm³/mol. The van der Waals surface area contributed by atoms with Crippen LogP contribution in [0.15, 0.2) is 30.3 Å². The Morgan fingerprint density at radius 3 is 1.69 bits per heavy atom. The van der Waals surface area contributed by atoms with E-state index in [2.05, 4.69) is 23.6 Å². The fourth-order valence-electron chi connectivity index (χ4n) is 0.834. The normalized spacial score (nSPS) is 9.62. The first-order chi connectivity index (χ1) is 6.02. The maximum absolute atomic E-state index is 6.25. The molecule has 0 spiro atoms. The number of hydrogen-bond donors (Lipinski definition) is 0. The van der Waals surface area contributed by atoms with Crippen LogP contribution in [0, 0.1) is 0 Å². The standard InChI is InChI=1S/C8H11ClGe.2ClH.Zn/c1-10(2,9)8-6-4-3-5-7-8;;;/h3-7H,1-2H3;2*1H;/q;;;+2/p-2. The zero-order valence-electron chi connectivity index (χ0n) is 7.73. The van der Waals surface area contributed by atoms with Crippen molar-refractivity contribution >= 4 is 46.1 Å². The zero-order chi connectivity index (χ0) is 10.3. The van der Waals surface area contributed by atoms with E-state index in [0.717, 1.165) is 0 Å². The van der Waals surface area contributed by atoms with E-state index in [1.165, 1.54) is 4.40 Å². The van der Waals surface area contributed by atoms with E-state index in [-0.39, 0.29) is 0 Å². The summed E-state index contributed by atoms with van der Waals surface area (Å²) in [5, 5.41) is 0. The molecule has 0 unspecified atom stereocenters. The molecule has 1 aromatic carbocycles. The Morgan fingerprint density at radius 2 is 1.46 bits per heavy atom. The monoisotopic (exact) mass is 350 g/mol. The molecule has 0 bridgehead atoms. The van der Waals surface area contributed by atoms with Gasteiger partial charge in [-0.1, -0.05) is 0 Å². The third-order valence-electron chi connectivity index (χ3n) is 1.46. The molecule has 0 radical (unpaired) electrons. The third-order valence-corrected chi connectivity index (χ3v) is 6.17. The van der Waals surface area contributed by atoms with Crippen LogP contribution in [0.2, 0.25) is 11.5 Å². The molecule has 0 saturated carbocycles. The van der Waals surface area contributed by atoms with Gasteiger partial charge in [-0.25, -0.2) is 0 Å². The molecular weight excluding hydrogens is 340 g/mol. The molecule has 1 aromatic rings. The number of halogens is 3. The maximum atomic E-state index is 6.25. The molecule has 0 aliphatic carbocycles. The summed E-state index contributed by atoms with van der Waals surface area (Å²) < 4.78 is 1.35. The van der Waals surface area contributed by atoms with Crippen LogP contribution in [-0.2, 0) is 15.1 Å². The van der Waals surface area contributed by atoms with Crippen LogP contribution in [0.4, 0.5) is 0 Å². The molecule has 0 aliphatic heterocycles. The Morgan fingerprint density at radius 1 is 1.08 bits per heavy atom. The Hall–Kier alpha value is 1.26. The van der Waals surface area contributed by atoms with Gasteiger partial charge in [0.15, 0.2) is 0 Å². The molecule has 0 aliphatic rings. The zero-order valence-corrected chi connectivity index (χ0v) is 15.1. The van der Waals surface area contributed by atoms with E-state index in [1.54, 1.807) is 0 Å². The van der Waals surface area contributed by atoms with Crippen LogP contribution >= 0.6 is 29.4 Å². The average Bonchev–Trinajstić information content (AvgIpc) is 2.06. The van der Waals surface area contributed by atoms with E-state index >= 15 is 0 Å². The van der Waals surface area contributed by atoms with Crippen molar-refractivity contribution in [2.45, 2.75) is 11.5 Å². The summed E-state index contributed by atoms with van der Waals surface area (Å²) in [6, 6.07) is 10.4. The number of benzene rings is 1. The number of rotatable bonds is 1. The van der Waals surface area contributed by atoms with Gasteiger partial charge in [-0.2, -0.15) is 0 Å². The van der Waals surface area contributed by atoms with Crippen LogP contribution in [-0.4, -0.2) is 12.3 Å². The van der Waals surface area contributed by atoms with Gasteiger partial charge in [0.2, 0.25) is 0 Å². The Bertz CT molecular complexity index is 223. The van der Waals surface area contributed by atoms with Crippen LogP contribution in [0.1, 0.15) is 0 Å². The van der Waals surface area contributed by atoms with Crippen LogP contribution < -0.4 is 4.40 Å². The first-order valence-electron chi connectivity index (χ1n) is 3.88. The van der Waals surface area contributed by atoms with Crippen molar-refractivity contribution in [1.82, 2.24) is 0 Å². The first-order valence-corrected chi connectivity index (χ1v) is 19.7. The Balaban J connectivity index is 0.000000424. The van der Waals surface area contributed by atoms with Gasteiger partial charge < -0.3 is 0 Å². The summed E-state index contributed by atoms with van der Waals surface area (Å²) in [5.41, 5.74) is 0. The van der Waals surface area contributed by atoms with Crippen molar-refractivity contribution in [3.05, 3.63) is 30.3 Å². The van der Waals surface area contributed by atoms with Crippen LogP contribution in [0.25, 0.3) is 0 Å². The van der Waals surface area contributed by atoms with Gasteiger partial charge in [-0.3, -0.25) is 0 Å². The third kappa shape index (κ3) is 7.22. The molecule has 1 rings (SSSR count). The molecule has 13 heavy (non-hydrogen) atoms. The molecule has 0 atom stereocenters. The minimum atomic E-state index is -2.03. The van der Waals surface area contributed by atoms with E-state index in [0.29, 0.717) is 0 Å². The fraction of sp³-hybridized carbons (Fsp3) is 0.250. The van der Waals surface area contributed by atoms with Crippen molar-refractivity contribution in [2.75, 3.05) is 0 Å². The van der Waals surface area contributed by atoms with Gasteiger partial charge in [0.1, 0.15) is 0 Å². The summed E-state index contributed by atoms with van der Waals surface area (Å²) in [7, 11) is 16.1. The molecule has 0 fully saturated rings. The average molecular weight is 352 g/mol. The molecule has 0 saturated heterocycles. The van der Waals surface area contributed by atoms with Crippen LogP contribution in [0.5, 0.6) is 0 Å². The summed E-state index contributed by atoms with van der Waals surface area (Å²) >= 11 is -2.96. The van der Waals surface area contributed by atoms with Gasteiger partial charge >= 0.3 is 103 Å². The van der Waals surface area contributed by atoms with E-state index < -0.39 is 27.5 Å². The Kier molecular flexibility index (Phi) is 8.26. The molecule has 0 N–H and O–H groups in total. The number of hydrogen-bond acceptors (Lipinski definition) is 0. The van der Waals surface area contributed by atoms with Crippen molar-refractivity contribution in [3.8, 4) is 0 Å². The van der Waals surface area contributed by atoms with Gasteiger partial charge in [0.25, 0.3) is 0 Å². The SMILES string of the molecule is [CH3][Ge]([CH3])([Cl])[c]1ccccc1.[Cl][Zn][Cl]. The molecular formula is C8H11Cl3GeZn. The van der Waals surface area contributed by atoms with Gasteiger partial charge in [-0.15, -0.1) is 0 Å². The second kappa shape index (κ2) is 7.54. The van der Waals surface area contributed by atoms with Crippen molar-refractivity contribution < 1.29 is 15.1 Å². The van der Waals surface area contributed by atoms with Gasteiger partial charge in [-0.05, 0) is 0 Å². The minimum absolute atomic E-state index is 0.931. The molecule has 0 aromatic heterocycles. The van der Waals surface area contributed by atoms with Crippen molar-refractivity contribution in [2.24, 2.45) is 0 Å². The fourth-order valence-corrected chi connectivity index (χ4v) is 3.56. The molecule has 0 heterocycles. The second-order valence-corrected chi connectivity index (χ2v) is 19.9. The molecule has 70 valence electrons. The summed E-state index contributed by atoms with van der Waals surface area (Å²) in [6.07, 6.45) is 0. The van der Waals surface area contributed by atoms with E-state index in [1.807, 2.05) is 18.2 Å². The van der Waals surface area contributed by atoms with Crippen molar-refractivity contribution in [1.29, 1.82) is 0 Å². The predicted octanol–water partition coefficient (Wildman–Crippen LogP) is 3.71. The Labute approximate surface area is 102 Å². The first kappa shape index (κ1) is 14.3. The van der Waals surface area contributed by atoms with Gasteiger partial charge in [0.05, 0.1) is 0 Å². The molecule has 5 heteroatoms. The second-order valence-electron chi connectivity index (χ2n) is 2.94. The van der Waals surface area contributed by atoms with Crippen molar-refractivity contribution in [3.63, 3.8) is 0 Å². The quantitative estimate of drug-likeness (QED) is 0.677. The van der Waals surface area contributed by atoms with Gasteiger partial charge in [0, 0.05) is 0 Å². The summed E-state index contributed by atoms with van der Waals surface area (Å²) in [4.78, 5) is 0. The summed E-state index contributed by atoms with van der Waals surface area (Å²) in [6.45, 7) is 0. The van der Waals surface area contributed by atoms with E-state index in [4.69, 9.17) is 29.4 Å². The van der Waals surface area contributed by atoms with Crippen LogP contribution in [0.3, 0.4) is 0 Å². The van der Waals surface area contributed by atoms with E-state index in [9.17, 15) is 0 Å².